The van der Waals surface area contributed by atoms with Crippen LogP contribution in [-0.2, 0) is 9.47 Å². The summed E-state index contributed by atoms with van der Waals surface area (Å²) in [5, 5.41) is 8.80. The molecule has 0 N–H and O–H groups in total. The van der Waals surface area contributed by atoms with E-state index in [-0.39, 0.29) is 12.1 Å². The number of hydrogen-bond acceptors (Lipinski definition) is 5. The van der Waals surface area contributed by atoms with Gasteiger partial charge in [-0.25, -0.2) is 0 Å². The van der Waals surface area contributed by atoms with Crippen molar-refractivity contribution in [3.63, 3.8) is 0 Å². The fourth-order valence-corrected chi connectivity index (χ4v) is 7.16. The zero-order valence-corrected chi connectivity index (χ0v) is 34.7. The lowest BCUT2D eigenvalue weighted by Crippen LogP contribution is -2.31. The van der Waals surface area contributed by atoms with Gasteiger partial charge in [0.25, 0.3) is 0 Å². The third-order valence-electron chi connectivity index (χ3n) is 10.3. The standard InChI is InChI=1S/C46H83N4O2/c1-5-7-9-11-13-15-17-19-21-23-25-27-29-31-33-35-38-46(51-43-45(52-46)37-40-50-42-44(47-48-50)41-49(3)4)39-36-34-32-30-28-26-24-22-20-18-16-14-12-10-8-6-2/h13-16,19-22,42,44-45H,5-12,17-18,23-41,43H2,1-4H3/q+1/b15-13-,16-14-,21-19-,22-20-. The van der Waals surface area contributed by atoms with Crippen molar-refractivity contribution in [2.45, 2.75) is 205 Å². The first-order valence-electron chi connectivity index (χ1n) is 22.2. The van der Waals surface area contributed by atoms with Gasteiger partial charge in [0, 0.05) is 24.4 Å². The highest BCUT2D eigenvalue weighted by atomic mass is 16.7. The Morgan fingerprint density at radius 2 is 1.10 bits per heavy atom. The Labute approximate surface area is 322 Å². The number of ether oxygens (including phenoxy) is 2. The van der Waals surface area contributed by atoms with Crippen LogP contribution >= 0.6 is 0 Å². The molecule has 2 heterocycles. The zero-order valence-electron chi connectivity index (χ0n) is 34.7. The summed E-state index contributed by atoms with van der Waals surface area (Å²) in [7, 11) is 4.17. The second-order valence-corrected chi connectivity index (χ2v) is 15.8. The van der Waals surface area contributed by atoms with Crippen LogP contribution in [0.15, 0.2) is 58.9 Å². The van der Waals surface area contributed by atoms with Crippen LogP contribution in [-0.4, -0.2) is 67.5 Å². The molecule has 0 aromatic carbocycles. The normalized spacial score (nSPS) is 18.9. The molecule has 6 heteroatoms. The second kappa shape index (κ2) is 32.5. The van der Waals surface area contributed by atoms with Gasteiger partial charge < -0.3 is 14.4 Å². The van der Waals surface area contributed by atoms with Crippen LogP contribution in [0.1, 0.15) is 187 Å². The van der Waals surface area contributed by atoms with Gasteiger partial charge >= 0.3 is 0 Å². The van der Waals surface area contributed by atoms with E-state index in [4.69, 9.17) is 9.47 Å². The van der Waals surface area contributed by atoms with Crippen LogP contribution in [0, 0.1) is 0 Å². The number of allylic oxidation sites excluding steroid dienone is 8. The molecule has 298 valence electrons. The van der Waals surface area contributed by atoms with E-state index in [1.807, 2.05) is 4.68 Å². The van der Waals surface area contributed by atoms with Gasteiger partial charge in [0.05, 0.1) is 19.3 Å². The van der Waals surface area contributed by atoms with Crippen LogP contribution in [0.3, 0.4) is 0 Å². The minimum Gasteiger partial charge on any atom is -0.347 e. The fraction of sp³-hybridized carbons (Fsp3) is 0.804. The first-order valence-corrected chi connectivity index (χ1v) is 22.2. The van der Waals surface area contributed by atoms with Gasteiger partial charge in [-0.2, -0.15) is 0 Å². The average Bonchev–Trinajstić information content (AvgIpc) is 3.76. The molecule has 0 amide bonds. The topological polar surface area (TPSA) is 49.4 Å². The van der Waals surface area contributed by atoms with Crippen molar-refractivity contribution < 1.29 is 14.2 Å². The Morgan fingerprint density at radius 3 is 1.58 bits per heavy atom. The summed E-state index contributed by atoms with van der Waals surface area (Å²) in [6, 6.07) is 0.155. The summed E-state index contributed by atoms with van der Waals surface area (Å²) < 4.78 is 15.3. The van der Waals surface area contributed by atoms with Crippen molar-refractivity contribution in [1.29, 1.82) is 0 Å². The molecular weight excluding hydrogens is 641 g/mol. The number of unbranched alkanes of at least 4 members (excludes halogenated alkanes) is 18. The largest absolute Gasteiger partial charge is 0.347 e. The molecule has 6 nitrogen and oxygen atoms in total. The Morgan fingerprint density at radius 1 is 0.635 bits per heavy atom. The maximum Gasteiger partial charge on any atom is 0.235 e. The monoisotopic (exact) mass is 724 g/mol. The molecule has 0 aromatic rings. The van der Waals surface area contributed by atoms with Gasteiger partial charge in [0.15, 0.2) is 5.79 Å². The molecule has 1 saturated heterocycles. The summed E-state index contributed by atoms with van der Waals surface area (Å²) in [6.45, 7) is 6.98. The maximum absolute atomic E-state index is 6.78. The minimum atomic E-state index is -0.390. The van der Waals surface area contributed by atoms with E-state index in [2.05, 4.69) is 98.0 Å². The summed E-state index contributed by atoms with van der Waals surface area (Å²) in [5.41, 5.74) is 0. The summed E-state index contributed by atoms with van der Waals surface area (Å²) in [4.78, 5) is 2.16. The van der Waals surface area contributed by atoms with Crippen molar-refractivity contribution >= 4 is 6.21 Å². The van der Waals surface area contributed by atoms with Gasteiger partial charge in [-0.1, -0.05) is 140 Å². The van der Waals surface area contributed by atoms with Crippen LogP contribution in [0.25, 0.3) is 0 Å². The lowest BCUT2D eigenvalue weighted by atomic mass is 9.98. The van der Waals surface area contributed by atoms with Gasteiger partial charge in [-0.3, -0.25) is 0 Å². The molecule has 0 aliphatic carbocycles. The van der Waals surface area contributed by atoms with Gasteiger partial charge in [0.2, 0.25) is 6.04 Å². The molecule has 2 rings (SSSR count). The molecule has 2 atom stereocenters. The molecule has 0 bridgehead atoms. The second-order valence-electron chi connectivity index (χ2n) is 15.8. The van der Waals surface area contributed by atoms with Crippen molar-refractivity contribution in [3.05, 3.63) is 48.6 Å². The minimum absolute atomic E-state index is 0.144. The van der Waals surface area contributed by atoms with E-state index >= 15 is 0 Å². The molecule has 0 aromatic heterocycles. The quantitative estimate of drug-likeness (QED) is 0.0372. The molecule has 0 radical (unpaired) electrons. The Balaban J connectivity index is 1.63. The van der Waals surface area contributed by atoms with Crippen LogP contribution in [0.5, 0.6) is 0 Å². The molecule has 2 aliphatic heterocycles. The predicted octanol–water partition coefficient (Wildman–Crippen LogP) is 13.3. The maximum atomic E-state index is 6.78. The van der Waals surface area contributed by atoms with Crippen molar-refractivity contribution in [1.82, 2.24) is 4.90 Å². The van der Waals surface area contributed by atoms with E-state index in [1.54, 1.807) is 0 Å². The fourth-order valence-electron chi connectivity index (χ4n) is 7.16. The summed E-state index contributed by atoms with van der Waals surface area (Å²) >= 11 is 0. The summed E-state index contributed by atoms with van der Waals surface area (Å²) in [6.07, 6.45) is 54.7. The van der Waals surface area contributed by atoms with Gasteiger partial charge in [-0.15, -0.1) is 4.68 Å². The highest BCUT2D eigenvalue weighted by molar-refractivity contribution is 5.60. The van der Waals surface area contributed by atoms with Gasteiger partial charge in [-0.05, 0) is 91.1 Å². The van der Waals surface area contributed by atoms with Crippen LogP contribution < -0.4 is 0 Å². The number of nitrogens with zero attached hydrogens (tertiary/aromatic N) is 4. The van der Waals surface area contributed by atoms with Gasteiger partial charge in [0.1, 0.15) is 18.0 Å². The molecule has 0 saturated carbocycles. The first kappa shape index (κ1) is 46.3. The SMILES string of the molecule is CCCCC/C=C\C/C=C\CCCCCCCCC1(CCCCCCCC/C=C\C/C=C\CCCCC)OCC(CC[N+]2=CC(CN(C)C)N=N2)O1. The Kier molecular flexibility index (Phi) is 28.9. The molecule has 2 aliphatic rings. The molecule has 0 spiro atoms. The zero-order chi connectivity index (χ0) is 37.2. The van der Waals surface area contributed by atoms with E-state index in [0.29, 0.717) is 6.61 Å². The van der Waals surface area contributed by atoms with E-state index in [9.17, 15) is 0 Å². The third-order valence-corrected chi connectivity index (χ3v) is 10.3. The number of rotatable bonds is 35. The predicted molar refractivity (Wildman–Crippen MR) is 225 cm³/mol. The Bertz CT molecular complexity index is 966. The molecule has 52 heavy (non-hydrogen) atoms. The molecular formula is C46H83N4O2+. The number of hydrogen-bond donors (Lipinski definition) is 0. The lowest BCUT2D eigenvalue weighted by Gasteiger charge is -2.28. The molecule has 2 unspecified atom stereocenters. The van der Waals surface area contributed by atoms with E-state index in [0.717, 1.165) is 45.2 Å². The third kappa shape index (κ3) is 25.2. The van der Waals surface area contributed by atoms with Crippen molar-refractivity contribution in [2.75, 3.05) is 33.8 Å². The number of likely N-dealkylation sites (N-methyl/N-ethyl adjacent to an activating group) is 1. The van der Waals surface area contributed by atoms with Crippen molar-refractivity contribution in [3.8, 4) is 0 Å². The smallest absolute Gasteiger partial charge is 0.235 e. The van der Waals surface area contributed by atoms with E-state index in [1.165, 1.54) is 141 Å². The summed E-state index contributed by atoms with van der Waals surface area (Å²) in [5.74, 6) is -0.390. The highest BCUT2D eigenvalue weighted by Crippen LogP contribution is 2.35. The van der Waals surface area contributed by atoms with E-state index < -0.39 is 5.79 Å². The van der Waals surface area contributed by atoms with Crippen LogP contribution in [0.2, 0.25) is 0 Å². The average molecular weight is 724 g/mol. The lowest BCUT2D eigenvalue weighted by molar-refractivity contribution is -0.533. The Hall–Kier alpha value is -1.89. The van der Waals surface area contributed by atoms with Crippen molar-refractivity contribution in [2.24, 2.45) is 10.3 Å². The highest BCUT2D eigenvalue weighted by Gasteiger charge is 2.40. The first-order chi connectivity index (χ1) is 25.6. The molecule has 1 fully saturated rings. The van der Waals surface area contributed by atoms with Crippen LogP contribution in [0.4, 0.5) is 0 Å².